The van der Waals surface area contributed by atoms with E-state index in [1.807, 2.05) is 24.3 Å². The van der Waals surface area contributed by atoms with Crippen molar-refractivity contribution >= 4 is 17.1 Å². The van der Waals surface area contributed by atoms with Crippen molar-refractivity contribution in [2.75, 3.05) is 0 Å². The Morgan fingerprint density at radius 3 is 2.55 bits per heavy atom. The third-order valence-corrected chi connectivity index (χ3v) is 2.75. The number of pyridine rings is 1. The molecule has 0 aliphatic heterocycles. The molecule has 2 aromatic heterocycles. The number of carbonyl (C=O) groups is 1. The molecule has 20 heavy (non-hydrogen) atoms. The van der Waals surface area contributed by atoms with Gasteiger partial charge < -0.3 is 21.9 Å². The summed E-state index contributed by atoms with van der Waals surface area (Å²) in [5.74, 6) is -0.344. The van der Waals surface area contributed by atoms with E-state index in [-0.39, 0.29) is 19.0 Å². The topological polar surface area (TPSA) is 67.2 Å². The number of oxazole rings is 1. The van der Waals surface area contributed by atoms with Gasteiger partial charge in [0.15, 0.2) is 18.0 Å². The highest BCUT2D eigenvalue weighted by Gasteiger charge is 2.11. The zero-order valence-corrected chi connectivity index (χ0v) is 11.1. The number of hydrogen-bond acceptors (Lipinski definition) is 3. The second-order valence-corrected chi connectivity index (χ2v) is 4.14. The van der Waals surface area contributed by atoms with Gasteiger partial charge in [-0.1, -0.05) is 12.1 Å². The molecule has 0 spiro atoms. The first kappa shape index (κ1) is 14.0. The van der Waals surface area contributed by atoms with Crippen LogP contribution in [0.5, 0.6) is 0 Å². The lowest BCUT2D eigenvalue weighted by molar-refractivity contribution is -0.685. The molecule has 1 N–H and O–H groups in total. The van der Waals surface area contributed by atoms with Gasteiger partial charge in [-0.05, 0) is 12.1 Å². The van der Waals surface area contributed by atoms with Gasteiger partial charge in [0.25, 0.3) is 0 Å². The maximum absolute atomic E-state index is 10.6. The van der Waals surface area contributed by atoms with Crippen LogP contribution in [0.3, 0.4) is 0 Å². The quantitative estimate of drug-likeness (QED) is 0.620. The molecule has 3 aromatic rings. The molecule has 1 aromatic carbocycles. The Morgan fingerprint density at radius 2 is 1.90 bits per heavy atom. The Bertz CT molecular complexity index is 705. The summed E-state index contributed by atoms with van der Waals surface area (Å²) < 4.78 is 7.22. The minimum atomic E-state index is -0.875. The summed E-state index contributed by atoms with van der Waals surface area (Å²) in [4.78, 5) is 15.0. The van der Waals surface area contributed by atoms with Crippen LogP contribution in [0, 0.1) is 0 Å². The molecule has 0 radical (unpaired) electrons. The molecule has 0 bridgehead atoms. The van der Waals surface area contributed by atoms with E-state index in [4.69, 9.17) is 9.52 Å². The van der Waals surface area contributed by atoms with E-state index >= 15 is 0 Å². The largest absolute Gasteiger partial charge is 1.00 e. The third kappa shape index (κ3) is 2.78. The molecule has 0 unspecified atom stereocenters. The molecule has 3 rings (SSSR count). The number of hydrogen-bond donors (Lipinski definition) is 1. The van der Waals surface area contributed by atoms with Gasteiger partial charge in [0.05, 0.1) is 0 Å². The second kappa shape index (κ2) is 5.71. The normalized spacial score (nSPS) is 10.2. The fourth-order valence-electron chi connectivity index (χ4n) is 1.86. The molecule has 0 fully saturated rings. The maximum Gasteiger partial charge on any atom is 0.370 e. The number of nitrogens with zero attached hydrogens (tertiary/aromatic N) is 2. The molecule has 0 atom stereocenters. The van der Waals surface area contributed by atoms with Crippen molar-refractivity contribution < 1.29 is 31.3 Å². The van der Waals surface area contributed by atoms with Gasteiger partial charge in [-0.3, -0.25) is 0 Å². The second-order valence-electron chi connectivity index (χ2n) is 4.14. The minimum Gasteiger partial charge on any atom is -1.00 e. The lowest BCUT2D eigenvalue weighted by atomic mass is 10.2. The minimum absolute atomic E-state index is 0. The molecule has 6 heteroatoms. The van der Waals surface area contributed by atoms with Crippen molar-refractivity contribution in [3.05, 3.63) is 48.8 Å². The summed E-state index contributed by atoms with van der Waals surface area (Å²) in [5, 5.41) is 8.70. The number of carboxylic acid groups (broad SMARTS) is 1. The van der Waals surface area contributed by atoms with Crippen LogP contribution in [0.1, 0.15) is 0 Å². The number of para-hydroxylation sites is 2. The van der Waals surface area contributed by atoms with E-state index in [2.05, 4.69) is 4.98 Å². The summed E-state index contributed by atoms with van der Waals surface area (Å²) in [6.07, 6.45) is 3.39. The van der Waals surface area contributed by atoms with E-state index in [9.17, 15) is 4.79 Å². The zero-order chi connectivity index (χ0) is 13.2. The van der Waals surface area contributed by atoms with E-state index in [0.717, 1.165) is 16.7 Å². The Hall–Kier alpha value is -2.40. The van der Waals surface area contributed by atoms with E-state index in [1.54, 1.807) is 29.1 Å². The van der Waals surface area contributed by atoms with Crippen molar-refractivity contribution in [3.8, 4) is 11.5 Å². The van der Waals surface area contributed by atoms with Crippen LogP contribution in [0.4, 0.5) is 0 Å². The molecule has 0 aliphatic rings. The fraction of sp³-hybridized carbons (Fsp3) is 0.0714. The van der Waals surface area contributed by atoms with Crippen LogP contribution in [-0.2, 0) is 11.3 Å². The predicted octanol–water partition coefficient (Wildman–Crippen LogP) is -1.13. The highest BCUT2D eigenvalue weighted by atomic mass is 35.5. The van der Waals surface area contributed by atoms with Gasteiger partial charge in [-0.25, -0.2) is 9.78 Å². The van der Waals surface area contributed by atoms with Gasteiger partial charge in [0, 0.05) is 17.7 Å². The maximum atomic E-state index is 10.6. The fourth-order valence-corrected chi connectivity index (χ4v) is 1.86. The van der Waals surface area contributed by atoms with Crippen LogP contribution in [0.25, 0.3) is 22.6 Å². The van der Waals surface area contributed by atoms with Crippen molar-refractivity contribution in [3.63, 3.8) is 0 Å². The zero-order valence-electron chi connectivity index (χ0n) is 10.4. The number of halogens is 1. The smallest absolute Gasteiger partial charge is 0.370 e. The van der Waals surface area contributed by atoms with E-state index in [1.165, 1.54) is 0 Å². The van der Waals surface area contributed by atoms with E-state index < -0.39 is 5.97 Å². The average Bonchev–Trinajstić information content (AvgIpc) is 2.82. The lowest BCUT2D eigenvalue weighted by Crippen LogP contribution is -3.00. The van der Waals surface area contributed by atoms with Crippen LogP contribution in [-0.4, -0.2) is 16.1 Å². The number of rotatable bonds is 3. The first-order chi connectivity index (χ1) is 9.22. The summed E-state index contributed by atoms with van der Waals surface area (Å²) in [6, 6.07) is 11.1. The first-order valence-corrected chi connectivity index (χ1v) is 5.79. The van der Waals surface area contributed by atoms with Crippen molar-refractivity contribution in [1.29, 1.82) is 0 Å². The van der Waals surface area contributed by atoms with Crippen LogP contribution < -0.4 is 17.0 Å². The Labute approximate surface area is 120 Å². The molecule has 0 saturated heterocycles. The van der Waals surface area contributed by atoms with Crippen molar-refractivity contribution in [2.24, 2.45) is 0 Å². The lowest BCUT2D eigenvalue weighted by Gasteiger charge is -1.94. The SMILES string of the molecule is O=C(O)C[n+]1ccc(-c2nc3ccccc3o2)cc1.[Cl-]. The number of carboxylic acids is 1. The highest BCUT2D eigenvalue weighted by molar-refractivity contribution is 5.75. The molecule has 2 heterocycles. The van der Waals surface area contributed by atoms with Crippen LogP contribution in [0.2, 0.25) is 0 Å². The summed E-state index contributed by atoms with van der Waals surface area (Å²) >= 11 is 0. The number of fused-ring (bicyclic) bond motifs is 1. The molecule has 5 nitrogen and oxygen atoms in total. The van der Waals surface area contributed by atoms with Crippen molar-refractivity contribution in [2.45, 2.75) is 6.54 Å². The third-order valence-electron chi connectivity index (χ3n) is 2.75. The predicted molar refractivity (Wildman–Crippen MR) is 67.3 cm³/mol. The molecule has 102 valence electrons. The van der Waals surface area contributed by atoms with Crippen molar-refractivity contribution in [1.82, 2.24) is 4.98 Å². The average molecular weight is 291 g/mol. The highest BCUT2D eigenvalue weighted by Crippen LogP contribution is 2.22. The monoisotopic (exact) mass is 290 g/mol. The Kier molecular flexibility index (Phi) is 4.00. The number of benzene rings is 1. The first-order valence-electron chi connectivity index (χ1n) is 5.79. The van der Waals surface area contributed by atoms with Gasteiger partial charge >= 0.3 is 5.97 Å². The van der Waals surface area contributed by atoms with Gasteiger partial charge in [-0.2, -0.15) is 4.57 Å². The number of aromatic nitrogens is 2. The molecule has 0 saturated carbocycles. The summed E-state index contributed by atoms with van der Waals surface area (Å²) in [5.41, 5.74) is 2.36. The van der Waals surface area contributed by atoms with Gasteiger partial charge in [-0.15, -0.1) is 0 Å². The summed E-state index contributed by atoms with van der Waals surface area (Å²) in [7, 11) is 0. The van der Waals surface area contributed by atoms with Gasteiger partial charge in [0.2, 0.25) is 12.4 Å². The Morgan fingerprint density at radius 1 is 1.20 bits per heavy atom. The standard InChI is InChI=1S/C14H10N2O3.ClH/c17-13(18)9-16-7-5-10(6-8-16)14-15-11-3-1-2-4-12(11)19-14;/h1-8H,9H2;1H. The van der Waals surface area contributed by atoms with Crippen LogP contribution in [0.15, 0.2) is 53.2 Å². The number of aliphatic carboxylic acids is 1. The Balaban J connectivity index is 0.00000147. The molecular weight excluding hydrogens is 280 g/mol. The van der Waals surface area contributed by atoms with E-state index in [0.29, 0.717) is 5.89 Å². The summed E-state index contributed by atoms with van der Waals surface area (Å²) in [6.45, 7) is -0.0617. The van der Waals surface area contributed by atoms with Crippen LogP contribution >= 0.6 is 0 Å². The molecule has 0 aliphatic carbocycles. The molecule has 0 amide bonds. The molecular formula is C14H11ClN2O3. The van der Waals surface area contributed by atoms with Gasteiger partial charge in [0.1, 0.15) is 5.52 Å².